The van der Waals surface area contributed by atoms with Gasteiger partial charge in [-0.25, -0.2) is 0 Å². The van der Waals surface area contributed by atoms with Crippen molar-refractivity contribution in [1.82, 2.24) is 5.16 Å². The maximum absolute atomic E-state index is 5.97. The van der Waals surface area contributed by atoms with Crippen LogP contribution in [0.15, 0.2) is 70.5 Å². The van der Waals surface area contributed by atoms with Gasteiger partial charge < -0.3 is 14.1 Å². The molecule has 1 heterocycles. The van der Waals surface area contributed by atoms with E-state index in [4.69, 9.17) is 14.1 Å². The van der Waals surface area contributed by atoms with Gasteiger partial charge in [-0.15, -0.1) is 0 Å². The third-order valence-corrected chi connectivity index (χ3v) is 3.61. The zero-order valence-electron chi connectivity index (χ0n) is 13.6. The number of hydrogen-bond acceptors (Lipinski definition) is 5. The first-order valence-electron chi connectivity index (χ1n) is 7.58. The van der Waals surface area contributed by atoms with Crippen molar-refractivity contribution in [2.75, 3.05) is 7.11 Å². The highest BCUT2D eigenvalue weighted by Crippen LogP contribution is 2.20. The van der Waals surface area contributed by atoms with Crippen LogP contribution in [0.4, 0.5) is 0 Å². The minimum Gasteiger partial charge on any atom is -0.489 e. The van der Waals surface area contributed by atoms with Crippen LogP contribution in [0.2, 0.25) is 0 Å². The number of oxime groups is 1. The highest BCUT2D eigenvalue weighted by molar-refractivity contribution is 6.12. The molecule has 2 aromatic carbocycles. The van der Waals surface area contributed by atoms with Gasteiger partial charge in [0.15, 0.2) is 0 Å². The average Bonchev–Trinajstić information content (AvgIpc) is 3.14. The lowest BCUT2D eigenvalue weighted by Crippen LogP contribution is -2.10. The zero-order valence-corrected chi connectivity index (χ0v) is 13.6. The Morgan fingerprint density at radius 1 is 1.08 bits per heavy atom. The Bertz CT molecular complexity index is 826. The largest absolute Gasteiger partial charge is 0.489 e. The van der Waals surface area contributed by atoms with Gasteiger partial charge in [0.05, 0.1) is 0 Å². The molecule has 0 spiro atoms. The van der Waals surface area contributed by atoms with Crippen molar-refractivity contribution in [2.45, 2.75) is 13.5 Å². The molecular formula is C19H18N2O3. The van der Waals surface area contributed by atoms with E-state index in [1.165, 1.54) is 13.4 Å². The molecule has 0 aliphatic carbocycles. The Morgan fingerprint density at radius 3 is 2.62 bits per heavy atom. The van der Waals surface area contributed by atoms with E-state index in [0.29, 0.717) is 18.0 Å². The fourth-order valence-corrected chi connectivity index (χ4v) is 2.41. The highest BCUT2D eigenvalue weighted by atomic mass is 16.6. The monoisotopic (exact) mass is 322 g/mol. The lowest BCUT2D eigenvalue weighted by Gasteiger charge is -2.12. The summed E-state index contributed by atoms with van der Waals surface area (Å²) in [6.07, 6.45) is 1.51. The number of ether oxygens (including phenoxy) is 1. The second-order valence-corrected chi connectivity index (χ2v) is 5.22. The predicted octanol–water partition coefficient (Wildman–Crippen LogP) is 3.96. The molecule has 0 amide bonds. The first-order valence-corrected chi connectivity index (χ1v) is 7.58. The van der Waals surface area contributed by atoms with Gasteiger partial charge in [0.2, 0.25) is 0 Å². The SMILES string of the molecule is CO/N=C(\c1ccon1)c1ccccc1COc1ccccc1C. The lowest BCUT2D eigenvalue weighted by molar-refractivity contribution is 0.213. The number of aromatic nitrogens is 1. The molecule has 0 radical (unpaired) electrons. The number of nitrogens with zero attached hydrogens (tertiary/aromatic N) is 2. The minimum absolute atomic E-state index is 0.418. The van der Waals surface area contributed by atoms with Crippen molar-refractivity contribution in [3.8, 4) is 5.75 Å². The summed E-state index contributed by atoms with van der Waals surface area (Å²) in [5.41, 5.74) is 4.19. The summed E-state index contributed by atoms with van der Waals surface area (Å²) in [5.74, 6) is 0.860. The topological polar surface area (TPSA) is 56.9 Å². The molecule has 0 atom stereocenters. The summed E-state index contributed by atoms with van der Waals surface area (Å²) in [5, 5.41) is 8.07. The van der Waals surface area contributed by atoms with Crippen molar-refractivity contribution >= 4 is 5.71 Å². The number of benzene rings is 2. The van der Waals surface area contributed by atoms with Crippen molar-refractivity contribution in [3.05, 3.63) is 83.2 Å². The Kier molecular flexibility index (Phi) is 4.91. The zero-order chi connectivity index (χ0) is 16.8. The van der Waals surface area contributed by atoms with E-state index >= 15 is 0 Å². The maximum Gasteiger partial charge on any atom is 0.139 e. The van der Waals surface area contributed by atoms with Crippen molar-refractivity contribution < 1.29 is 14.1 Å². The lowest BCUT2D eigenvalue weighted by atomic mass is 10.0. The third-order valence-electron chi connectivity index (χ3n) is 3.61. The molecular weight excluding hydrogens is 304 g/mol. The van der Waals surface area contributed by atoms with Crippen LogP contribution >= 0.6 is 0 Å². The molecule has 0 aliphatic rings. The van der Waals surface area contributed by atoms with Crippen LogP contribution < -0.4 is 4.74 Å². The molecule has 0 saturated carbocycles. The standard InChI is InChI=1S/C19H18N2O3/c1-14-7-3-6-10-18(14)23-13-15-8-4-5-9-16(15)19(21-22-2)17-11-12-24-20-17/h3-12H,13H2,1-2H3/b21-19-. The third kappa shape index (κ3) is 3.46. The molecule has 3 rings (SSSR count). The molecule has 0 N–H and O–H groups in total. The van der Waals surface area contributed by atoms with Crippen molar-refractivity contribution in [1.29, 1.82) is 0 Å². The average molecular weight is 322 g/mol. The van der Waals surface area contributed by atoms with Gasteiger partial charge in [-0.1, -0.05) is 52.8 Å². The van der Waals surface area contributed by atoms with E-state index in [-0.39, 0.29) is 0 Å². The molecule has 0 saturated heterocycles. The normalized spacial score (nSPS) is 11.3. The Hall–Kier alpha value is -3.08. The summed E-state index contributed by atoms with van der Waals surface area (Å²) in [6, 6.07) is 17.5. The number of rotatable bonds is 6. The smallest absolute Gasteiger partial charge is 0.139 e. The summed E-state index contributed by atoms with van der Waals surface area (Å²) in [7, 11) is 1.51. The van der Waals surface area contributed by atoms with Crippen LogP contribution in [0.1, 0.15) is 22.4 Å². The van der Waals surface area contributed by atoms with Crippen molar-refractivity contribution in [3.63, 3.8) is 0 Å². The molecule has 0 aliphatic heterocycles. The molecule has 1 aromatic heterocycles. The van der Waals surface area contributed by atoms with Crippen LogP contribution in [0.5, 0.6) is 5.75 Å². The number of para-hydroxylation sites is 1. The van der Waals surface area contributed by atoms with E-state index in [1.54, 1.807) is 6.07 Å². The molecule has 0 bridgehead atoms. The van der Waals surface area contributed by atoms with Crippen LogP contribution in [-0.2, 0) is 11.4 Å². The first-order chi connectivity index (χ1) is 11.8. The van der Waals surface area contributed by atoms with Gasteiger partial charge >= 0.3 is 0 Å². The molecule has 5 nitrogen and oxygen atoms in total. The fourth-order valence-electron chi connectivity index (χ4n) is 2.41. The van der Waals surface area contributed by atoms with Gasteiger partial charge in [-0.2, -0.15) is 0 Å². The Labute approximate surface area is 140 Å². The quantitative estimate of drug-likeness (QED) is 0.509. The molecule has 24 heavy (non-hydrogen) atoms. The van der Waals surface area contributed by atoms with E-state index < -0.39 is 0 Å². The summed E-state index contributed by atoms with van der Waals surface area (Å²) >= 11 is 0. The summed E-state index contributed by atoms with van der Waals surface area (Å²) < 4.78 is 10.9. The highest BCUT2D eigenvalue weighted by Gasteiger charge is 2.15. The van der Waals surface area contributed by atoms with E-state index in [1.807, 2.05) is 55.5 Å². The van der Waals surface area contributed by atoms with Crippen LogP contribution in [0, 0.1) is 6.92 Å². The van der Waals surface area contributed by atoms with Gasteiger partial charge in [-0.3, -0.25) is 0 Å². The summed E-state index contributed by atoms with van der Waals surface area (Å²) in [6.45, 7) is 2.44. The predicted molar refractivity (Wildman–Crippen MR) is 91.1 cm³/mol. The first kappa shape index (κ1) is 15.8. The van der Waals surface area contributed by atoms with Gasteiger partial charge in [0.25, 0.3) is 0 Å². The van der Waals surface area contributed by atoms with Gasteiger partial charge in [0.1, 0.15) is 37.1 Å². The minimum atomic E-state index is 0.418. The van der Waals surface area contributed by atoms with Crippen molar-refractivity contribution in [2.24, 2.45) is 5.16 Å². The second kappa shape index (κ2) is 7.46. The number of hydrogen-bond donors (Lipinski definition) is 0. The molecule has 0 unspecified atom stereocenters. The Balaban J connectivity index is 1.90. The molecule has 122 valence electrons. The van der Waals surface area contributed by atoms with Crippen LogP contribution in [0.25, 0.3) is 0 Å². The van der Waals surface area contributed by atoms with Gasteiger partial charge in [0, 0.05) is 11.6 Å². The van der Waals surface area contributed by atoms with E-state index in [2.05, 4.69) is 10.3 Å². The van der Waals surface area contributed by atoms with E-state index in [9.17, 15) is 0 Å². The van der Waals surface area contributed by atoms with Gasteiger partial charge in [-0.05, 0) is 24.1 Å². The summed E-state index contributed by atoms with van der Waals surface area (Å²) in [4.78, 5) is 4.98. The molecule has 0 fully saturated rings. The second-order valence-electron chi connectivity index (χ2n) is 5.22. The molecule has 5 heteroatoms. The van der Waals surface area contributed by atoms with Crippen LogP contribution in [-0.4, -0.2) is 18.0 Å². The van der Waals surface area contributed by atoms with Crippen LogP contribution in [0.3, 0.4) is 0 Å². The maximum atomic E-state index is 5.97. The van der Waals surface area contributed by atoms with E-state index in [0.717, 1.165) is 22.4 Å². The Morgan fingerprint density at radius 2 is 1.88 bits per heavy atom. The number of aryl methyl sites for hydroxylation is 1. The fraction of sp³-hybridized carbons (Fsp3) is 0.158. The molecule has 3 aromatic rings.